The first-order valence-corrected chi connectivity index (χ1v) is 6.40. The molecule has 0 unspecified atom stereocenters. The van der Waals surface area contributed by atoms with Gasteiger partial charge in [0.25, 0.3) is 0 Å². The van der Waals surface area contributed by atoms with Crippen LogP contribution in [0.3, 0.4) is 0 Å². The standard InChI is InChI=1S/C14H23N3/c1-11-8-13(16(2)3)9-14(15-11)12-6-5-7-17(4)10-12/h8-9,12H,5-7,10H2,1-4H3/t12-/m0/s1. The lowest BCUT2D eigenvalue weighted by atomic mass is 9.94. The van der Waals surface area contributed by atoms with Crippen molar-refractivity contribution in [2.45, 2.75) is 25.7 Å². The molecule has 3 nitrogen and oxygen atoms in total. The van der Waals surface area contributed by atoms with E-state index in [0.717, 1.165) is 12.2 Å². The van der Waals surface area contributed by atoms with Gasteiger partial charge in [-0.15, -0.1) is 0 Å². The molecule has 0 radical (unpaired) electrons. The third-order valence-corrected chi connectivity index (χ3v) is 3.52. The van der Waals surface area contributed by atoms with E-state index in [1.165, 1.54) is 30.8 Å². The van der Waals surface area contributed by atoms with Gasteiger partial charge in [-0.25, -0.2) is 0 Å². The number of aryl methyl sites for hydroxylation is 1. The summed E-state index contributed by atoms with van der Waals surface area (Å²) < 4.78 is 0. The number of piperidine rings is 1. The fourth-order valence-corrected chi connectivity index (χ4v) is 2.55. The molecule has 0 spiro atoms. The van der Waals surface area contributed by atoms with E-state index in [1.807, 2.05) is 0 Å². The number of aromatic nitrogens is 1. The van der Waals surface area contributed by atoms with Crippen molar-refractivity contribution in [2.75, 3.05) is 39.1 Å². The Hall–Kier alpha value is -1.09. The first-order chi connectivity index (χ1) is 8.06. The fraction of sp³-hybridized carbons (Fsp3) is 0.643. The molecule has 1 aliphatic rings. The molecule has 1 atom stereocenters. The van der Waals surface area contributed by atoms with Gasteiger partial charge in [-0.1, -0.05) is 0 Å². The second-order valence-corrected chi connectivity index (χ2v) is 5.39. The van der Waals surface area contributed by atoms with Crippen molar-refractivity contribution in [2.24, 2.45) is 0 Å². The second kappa shape index (κ2) is 5.05. The van der Waals surface area contributed by atoms with Crippen LogP contribution in [-0.2, 0) is 0 Å². The lowest BCUT2D eigenvalue weighted by Crippen LogP contribution is -2.31. The normalized spacial score (nSPS) is 21.5. The Balaban J connectivity index is 2.25. The molecule has 1 fully saturated rings. The minimum absolute atomic E-state index is 0.604. The van der Waals surface area contributed by atoms with Crippen molar-refractivity contribution >= 4 is 5.69 Å². The van der Waals surface area contributed by atoms with Gasteiger partial charge in [0.1, 0.15) is 0 Å². The SMILES string of the molecule is Cc1cc(N(C)C)cc([C@H]2CCCN(C)C2)n1. The summed E-state index contributed by atoms with van der Waals surface area (Å²) in [7, 11) is 6.38. The van der Waals surface area contributed by atoms with Crippen LogP contribution in [0.15, 0.2) is 12.1 Å². The number of nitrogens with zero attached hydrogens (tertiary/aromatic N) is 3. The van der Waals surface area contributed by atoms with E-state index < -0.39 is 0 Å². The lowest BCUT2D eigenvalue weighted by molar-refractivity contribution is 0.248. The maximum absolute atomic E-state index is 4.72. The first-order valence-electron chi connectivity index (χ1n) is 6.40. The van der Waals surface area contributed by atoms with Crippen molar-refractivity contribution in [1.29, 1.82) is 0 Å². The zero-order chi connectivity index (χ0) is 12.4. The Kier molecular flexibility index (Phi) is 3.67. The summed E-state index contributed by atoms with van der Waals surface area (Å²) in [6.07, 6.45) is 2.56. The number of pyridine rings is 1. The predicted molar refractivity (Wildman–Crippen MR) is 72.8 cm³/mol. The van der Waals surface area contributed by atoms with Gasteiger partial charge in [0.2, 0.25) is 0 Å². The predicted octanol–water partition coefficient (Wildman–Crippen LogP) is 2.27. The van der Waals surface area contributed by atoms with E-state index in [2.05, 4.69) is 50.0 Å². The molecule has 17 heavy (non-hydrogen) atoms. The quantitative estimate of drug-likeness (QED) is 0.781. The highest BCUT2D eigenvalue weighted by Crippen LogP contribution is 2.27. The summed E-state index contributed by atoms with van der Waals surface area (Å²) >= 11 is 0. The van der Waals surface area contributed by atoms with Crippen molar-refractivity contribution in [3.8, 4) is 0 Å². The topological polar surface area (TPSA) is 19.4 Å². The minimum atomic E-state index is 0.604. The molecule has 0 aliphatic carbocycles. The summed E-state index contributed by atoms with van der Waals surface area (Å²) in [4.78, 5) is 9.29. The Morgan fingerprint density at radius 2 is 2.12 bits per heavy atom. The first kappa shape index (κ1) is 12.4. The minimum Gasteiger partial charge on any atom is -0.378 e. The highest BCUT2D eigenvalue weighted by molar-refractivity contribution is 5.47. The summed E-state index contributed by atoms with van der Waals surface area (Å²) in [5.74, 6) is 0.604. The molecule has 2 rings (SSSR count). The van der Waals surface area contributed by atoms with Crippen LogP contribution in [0.25, 0.3) is 0 Å². The Morgan fingerprint density at radius 1 is 1.35 bits per heavy atom. The Labute approximate surface area is 104 Å². The number of hydrogen-bond donors (Lipinski definition) is 0. The van der Waals surface area contributed by atoms with Crippen molar-refractivity contribution in [3.63, 3.8) is 0 Å². The van der Waals surface area contributed by atoms with Gasteiger partial charge in [-0.05, 0) is 45.5 Å². The average molecular weight is 233 g/mol. The van der Waals surface area contributed by atoms with Crippen LogP contribution < -0.4 is 4.90 Å². The molecule has 94 valence electrons. The van der Waals surface area contributed by atoms with Crippen LogP contribution in [0.2, 0.25) is 0 Å². The second-order valence-electron chi connectivity index (χ2n) is 5.39. The zero-order valence-corrected chi connectivity index (χ0v) is 11.4. The number of likely N-dealkylation sites (tertiary alicyclic amines) is 1. The Bertz CT molecular complexity index is 387. The highest BCUT2D eigenvalue weighted by Gasteiger charge is 2.20. The molecule has 1 aliphatic heterocycles. The van der Waals surface area contributed by atoms with Gasteiger partial charge in [0.15, 0.2) is 0 Å². The van der Waals surface area contributed by atoms with Crippen LogP contribution in [0.5, 0.6) is 0 Å². The van der Waals surface area contributed by atoms with E-state index in [1.54, 1.807) is 0 Å². The van der Waals surface area contributed by atoms with Crippen LogP contribution >= 0.6 is 0 Å². The van der Waals surface area contributed by atoms with Gasteiger partial charge in [-0.3, -0.25) is 4.98 Å². The number of hydrogen-bond acceptors (Lipinski definition) is 3. The van der Waals surface area contributed by atoms with Gasteiger partial charge in [0.05, 0.1) is 0 Å². The third kappa shape index (κ3) is 2.97. The van der Waals surface area contributed by atoms with Gasteiger partial charge in [0, 0.05) is 43.6 Å². The summed E-state index contributed by atoms with van der Waals surface area (Å²) in [6.45, 7) is 4.45. The molecule has 1 aromatic rings. The molecule has 0 N–H and O–H groups in total. The summed E-state index contributed by atoms with van der Waals surface area (Å²) in [5.41, 5.74) is 3.65. The summed E-state index contributed by atoms with van der Waals surface area (Å²) in [5, 5.41) is 0. The molecule has 0 bridgehead atoms. The largest absolute Gasteiger partial charge is 0.378 e. The molecule has 0 saturated carbocycles. The van der Waals surface area contributed by atoms with Crippen LogP contribution in [0, 0.1) is 6.92 Å². The van der Waals surface area contributed by atoms with Gasteiger partial charge < -0.3 is 9.80 Å². The maximum atomic E-state index is 4.72. The smallest absolute Gasteiger partial charge is 0.0471 e. The molecular weight excluding hydrogens is 210 g/mol. The molecule has 2 heterocycles. The van der Waals surface area contributed by atoms with E-state index in [9.17, 15) is 0 Å². The number of rotatable bonds is 2. The number of anilines is 1. The zero-order valence-electron chi connectivity index (χ0n) is 11.4. The van der Waals surface area contributed by atoms with E-state index in [-0.39, 0.29) is 0 Å². The van der Waals surface area contributed by atoms with E-state index in [0.29, 0.717) is 5.92 Å². The molecule has 0 aromatic carbocycles. The Morgan fingerprint density at radius 3 is 2.76 bits per heavy atom. The lowest BCUT2D eigenvalue weighted by Gasteiger charge is -2.30. The average Bonchev–Trinajstić information content (AvgIpc) is 2.28. The van der Waals surface area contributed by atoms with Crippen molar-refractivity contribution in [1.82, 2.24) is 9.88 Å². The molecule has 1 aromatic heterocycles. The fourth-order valence-electron chi connectivity index (χ4n) is 2.55. The molecule has 1 saturated heterocycles. The van der Waals surface area contributed by atoms with Gasteiger partial charge >= 0.3 is 0 Å². The van der Waals surface area contributed by atoms with E-state index in [4.69, 9.17) is 4.98 Å². The van der Waals surface area contributed by atoms with Gasteiger partial charge in [-0.2, -0.15) is 0 Å². The molecule has 3 heteroatoms. The van der Waals surface area contributed by atoms with E-state index >= 15 is 0 Å². The van der Waals surface area contributed by atoms with Crippen LogP contribution in [0.4, 0.5) is 5.69 Å². The maximum Gasteiger partial charge on any atom is 0.0471 e. The monoisotopic (exact) mass is 233 g/mol. The molecule has 0 amide bonds. The third-order valence-electron chi connectivity index (χ3n) is 3.52. The van der Waals surface area contributed by atoms with Crippen LogP contribution in [-0.4, -0.2) is 44.1 Å². The highest BCUT2D eigenvalue weighted by atomic mass is 15.1. The van der Waals surface area contributed by atoms with Crippen molar-refractivity contribution in [3.05, 3.63) is 23.5 Å². The summed E-state index contributed by atoms with van der Waals surface area (Å²) in [6, 6.07) is 4.40. The van der Waals surface area contributed by atoms with Crippen LogP contribution in [0.1, 0.15) is 30.1 Å². The van der Waals surface area contributed by atoms with Crippen molar-refractivity contribution < 1.29 is 0 Å². The molecular formula is C14H23N3. The number of likely N-dealkylation sites (N-methyl/N-ethyl adjacent to an activating group) is 1.